The molecule has 2 N–H and O–H groups in total. The second kappa shape index (κ2) is 20.0. The summed E-state index contributed by atoms with van der Waals surface area (Å²) in [6.07, 6.45) is 6.46. The van der Waals surface area contributed by atoms with Crippen LogP contribution in [0.2, 0.25) is 0 Å². The van der Waals surface area contributed by atoms with Gasteiger partial charge in [-0.15, -0.1) is 24.8 Å². The van der Waals surface area contributed by atoms with Gasteiger partial charge in [0.05, 0.1) is 0 Å². The van der Waals surface area contributed by atoms with Crippen molar-refractivity contribution in [2.75, 3.05) is 26.2 Å². The van der Waals surface area contributed by atoms with E-state index in [1.807, 2.05) is 0 Å². The number of nitrogens with one attached hydrogen (secondary N) is 2. The smallest absolute Gasteiger partial charge is 0.00368 e. The number of hydrogen-bond acceptors (Lipinski definition) is 2. The summed E-state index contributed by atoms with van der Waals surface area (Å²) in [5.41, 5.74) is 0. The van der Waals surface area contributed by atoms with Crippen molar-refractivity contribution < 1.29 is 0 Å². The lowest BCUT2D eigenvalue weighted by molar-refractivity contribution is 0.571. The molecule has 0 radical (unpaired) electrons. The summed E-state index contributed by atoms with van der Waals surface area (Å²) in [5, 5.41) is 6.87. The van der Waals surface area contributed by atoms with Gasteiger partial charge in [0, 0.05) is 0 Å². The Morgan fingerprint density at radius 1 is 0.600 bits per heavy atom. The Hall–Kier alpha value is 0.500. The molecule has 0 aromatic heterocycles. The molecule has 2 nitrogen and oxygen atoms in total. The maximum absolute atomic E-state index is 3.44. The van der Waals surface area contributed by atoms with Crippen LogP contribution in [-0.4, -0.2) is 26.2 Å². The highest BCUT2D eigenvalue weighted by molar-refractivity contribution is 5.85. The molecule has 0 atom stereocenters. The summed E-state index contributed by atoms with van der Waals surface area (Å²) in [6, 6.07) is 0. The fourth-order valence-corrected chi connectivity index (χ4v) is 1.19. The molecule has 0 saturated carbocycles. The lowest BCUT2D eigenvalue weighted by Gasteiger charge is -2.04. The molecule has 0 heterocycles. The van der Waals surface area contributed by atoms with Gasteiger partial charge >= 0.3 is 0 Å². The van der Waals surface area contributed by atoms with Gasteiger partial charge in [-0.25, -0.2) is 0 Å². The first kappa shape index (κ1) is 20.9. The Morgan fingerprint density at radius 2 is 0.933 bits per heavy atom. The van der Waals surface area contributed by atoms with Crippen molar-refractivity contribution in [1.82, 2.24) is 10.6 Å². The van der Waals surface area contributed by atoms with Crippen molar-refractivity contribution in [3.63, 3.8) is 0 Å². The molecule has 0 amide bonds. The van der Waals surface area contributed by atoms with Gasteiger partial charge in [-0.3, -0.25) is 0 Å². The fourth-order valence-electron chi connectivity index (χ4n) is 1.19. The van der Waals surface area contributed by atoms with Crippen LogP contribution in [-0.2, 0) is 0 Å². The standard InChI is InChI=1S/C11H26N2.2ClH/c1-3-5-8-12-10-7-11-13-9-6-4-2;;/h12-13H,3-11H2,1-2H3;2*1H. The van der Waals surface area contributed by atoms with E-state index in [0.29, 0.717) is 0 Å². The third kappa shape index (κ3) is 20.5. The third-order valence-corrected chi connectivity index (χ3v) is 2.12. The highest BCUT2D eigenvalue weighted by Crippen LogP contribution is 1.84. The molecule has 0 fully saturated rings. The SMILES string of the molecule is CCCCNCCCNCCCC.Cl.Cl. The van der Waals surface area contributed by atoms with Crippen LogP contribution in [0.15, 0.2) is 0 Å². The maximum Gasteiger partial charge on any atom is -0.00368 e. The van der Waals surface area contributed by atoms with Gasteiger partial charge in [-0.2, -0.15) is 0 Å². The van der Waals surface area contributed by atoms with Crippen LogP contribution in [0, 0.1) is 0 Å². The van der Waals surface area contributed by atoms with Crippen molar-refractivity contribution >= 4 is 24.8 Å². The van der Waals surface area contributed by atoms with E-state index in [4.69, 9.17) is 0 Å². The zero-order chi connectivity index (χ0) is 9.78. The van der Waals surface area contributed by atoms with Crippen molar-refractivity contribution in [2.24, 2.45) is 0 Å². The van der Waals surface area contributed by atoms with E-state index in [9.17, 15) is 0 Å². The van der Waals surface area contributed by atoms with Crippen LogP contribution in [0.5, 0.6) is 0 Å². The van der Waals surface area contributed by atoms with Gasteiger partial charge in [0.25, 0.3) is 0 Å². The average molecular weight is 259 g/mol. The van der Waals surface area contributed by atoms with Crippen LogP contribution >= 0.6 is 24.8 Å². The molecule has 0 aliphatic heterocycles. The first-order valence-corrected chi connectivity index (χ1v) is 5.83. The van der Waals surface area contributed by atoms with Crippen molar-refractivity contribution in [3.05, 3.63) is 0 Å². The molecule has 0 rings (SSSR count). The van der Waals surface area contributed by atoms with E-state index >= 15 is 0 Å². The molecule has 96 valence electrons. The Balaban J connectivity index is -0.000000720. The van der Waals surface area contributed by atoms with E-state index in [2.05, 4.69) is 24.5 Å². The molecular weight excluding hydrogens is 231 g/mol. The monoisotopic (exact) mass is 258 g/mol. The zero-order valence-electron chi connectivity index (χ0n) is 10.2. The number of hydrogen-bond donors (Lipinski definition) is 2. The highest BCUT2D eigenvalue weighted by Gasteiger charge is 1.88. The van der Waals surface area contributed by atoms with Crippen LogP contribution < -0.4 is 10.6 Å². The van der Waals surface area contributed by atoms with Crippen molar-refractivity contribution in [1.29, 1.82) is 0 Å². The molecule has 0 bridgehead atoms. The van der Waals surface area contributed by atoms with Gasteiger partial charge in [-0.1, -0.05) is 26.7 Å². The van der Waals surface area contributed by atoms with Gasteiger partial charge in [0.2, 0.25) is 0 Å². The normalized spacial score (nSPS) is 9.20. The number of halogens is 2. The molecule has 0 aromatic carbocycles. The summed E-state index contributed by atoms with van der Waals surface area (Å²) in [7, 11) is 0. The van der Waals surface area contributed by atoms with E-state index in [0.717, 1.165) is 0 Å². The largest absolute Gasteiger partial charge is 0.317 e. The van der Waals surface area contributed by atoms with Crippen LogP contribution in [0.25, 0.3) is 0 Å². The molecule has 4 heteroatoms. The quantitative estimate of drug-likeness (QED) is 0.589. The maximum atomic E-state index is 3.44. The molecule has 0 unspecified atom stereocenters. The van der Waals surface area contributed by atoms with Crippen LogP contribution in [0.3, 0.4) is 0 Å². The number of unbranched alkanes of at least 4 members (excludes halogenated alkanes) is 2. The fraction of sp³-hybridized carbons (Fsp3) is 1.00. The molecule has 15 heavy (non-hydrogen) atoms. The lowest BCUT2D eigenvalue weighted by atomic mass is 10.3. The van der Waals surface area contributed by atoms with E-state index in [1.54, 1.807) is 0 Å². The first-order valence-electron chi connectivity index (χ1n) is 5.83. The zero-order valence-corrected chi connectivity index (χ0v) is 11.8. The predicted octanol–water partition coefficient (Wildman–Crippen LogP) is 3.00. The van der Waals surface area contributed by atoms with Crippen LogP contribution in [0.4, 0.5) is 0 Å². The second-order valence-corrected chi connectivity index (χ2v) is 3.56. The van der Waals surface area contributed by atoms with Gasteiger partial charge in [0.1, 0.15) is 0 Å². The van der Waals surface area contributed by atoms with Crippen molar-refractivity contribution in [2.45, 2.75) is 46.0 Å². The summed E-state index contributed by atoms with van der Waals surface area (Å²) in [4.78, 5) is 0. The van der Waals surface area contributed by atoms with E-state index in [1.165, 1.54) is 58.3 Å². The summed E-state index contributed by atoms with van der Waals surface area (Å²) >= 11 is 0. The van der Waals surface area contributed by atoms with Crippen LogP contribution in [0.1, 0.15) is 46.0 Å². The summed E-state index contributed by atoms with van der Waals surface area (Å²) < 4.78 is 0. The van der Waals surface area contributed by atoms with E-state index < -0.39 is 0 Å². The molecular formula is C11H28Cl2N2. The Labute approximate surface area is 108 Å². The number of rotatable bonds is 10. The Morgan fingerprint density at radius 3 is 1.27 bits per heavy atom. The Bertz CT molecular complexity index is 82.7. The minimum absolute atomic E-state index is 0. The minimum atomic E-state index is 0. The third-order valence-electron chi connectivity index (χ3n) is 2.12. The van der Waals surface area contributed by atoms with Gasteiger partial charge < -0.3 is 10.6 Å². The molecule has 0 aliphatic rings. The molecule has 0 aromatic rings. The van der Waals surface area contributed by atoms with Crippen molar-refractivity contribution in [3.8, 4) is 0 Å². The highest BCUT2D eigenvalue weighted by atomic mass is 35.5. The van der Waals surface area contributed by atoms with Gasteiger partial charge in [0.15, 0.2) is 0 Å². The predicted molar refractivity (Wildman–Crippen MR) is 74.7 cm³/mol. The summed E-state index contributed by atoms with van der Waals surface area (Å²) in [5.74, 6) is 0. The minimum Gasteiger partial charge on any atom is -0.317 e. The summed E-state index contributed by atoms with van der Waals surface area (Å²) in [6.45, 7) is 9.16. The first-order chi connectivity index (χ1) is 6.41. The second-order valence-electron chi connectivity index (χ2n) is 3.56. The molecule has 0 spiro atoms. The van der Waals surface area contributed by atoms with Gasteiger partial charge in [-0.05, 0) is 45.4 Å². The molecule has 0 saturated heterocycles. The van der Waals surface area contributed by atoms with E-state index in [-0.39, 0.29) is 24.8 Å². The Kier molecular flexibility index (Phi) is 27.8. The molecule has 0 aliphatic carbocycles. The lowest BCUT2D eigenvalue weighted by Crippen LogP contribution is -2.23. The topological polar surface area (TPSA) is 24.1 Å². The average Bonchev–Trinajstić information content (AvgIpc) is 2.16.